The molecule has 1 heterocycles. The molecule has 0 N–H and O–H groups in total. The van der Waals surface area contributed by atoms with Crippen LogP contribution in [0.1, 0.15) is 17.0 Å². The molecule has 0 saturated carbocycles. The third-order valence-electron chi connectivity index (χ3n) is 3.45. The van der Waals surface area contributed by atoms with Gasteiger partial charge in [0.1, 0.15) is 5.75 Å². The molecule has 0 aliphatic carbocycles. The predicted molar refractivity (Wildman–Crippen MR) is 92.8 cm³/mol. The Labute approximate surface area is 148 Å². The van der Waals surface area contributed by atoms with Gasteiger partial charge in [-0.1, -0.05) is 36.0 Å². The Hall–Kier alpha value is -2.87. The first kappa shape index (κ1) is 17.0. The van der Waals surface area contributed by atoms with Crippen LogP contribution in [0.4, 0.5) is 5.69 Å². The topological polar surface area (TPSA) is 91.3 Å². The van der Waals surface area contributed by atoms with E-state index in [9.17, 15) is 10.1 Å². The molecule has 0 aliphatic rings. The van der Waals surface area contributed by atoms with Gasteiger partial charge >= 0.3 is 0 Å². The summed E-state index contributed by atoms with van der Waals surface area (Å²) >= 11 is 1.35. The van der Waals surface area contributed by atoms with Crippen LogP contribution in [-0.4, -0.2) is 22.2 Å². The number of nitrogens with zero attached hydrogens (tertiary/aromatic N) is 3. The third-order valence-corrected chi connectivity index (χ3v) is 4.34. The van der Waals surface area contributed by atoms with E-state index < -0.39 is 4.92 Å². The fourth-order valence-electron chi connectivity index (χ4n) is 2.19. The van der Waals surface area contributed by atoms with Crippen LogP contribution in [0.5, 0.6) is 5.75 Å². The first-order valence-corrected chi connectivity index (χ1v) is 8.44. The first-order chi connectivity index (χ1) is 12.1. The first-order valence-electron chi connectivity index (χ1n) is 7.45. The third kappa shape index (κ3) is 4.57. The molecule has 2 aromatic carbocycles. The minimum atomic E-state index is -0.409. The second-order valence-electron chi connectivity index (χ2n) is 5.20. The van der Waals surface area contributed by atoms with E-state index >= 15 is 0 Å². The van der Waals surface area contributed by atoms with Gasteiger partial charge in [-0.2, -0.15) is 0 Å². The summed E-state index contributed by atoms with van der Waals surface area (Å²) in [5.74, 6) is 1.83. The highest BCUT2D eigenvalue weighted by atomic mass is 32.2. The van der Waals surface area contributed by atoms with Crippen LogP contribution in [-0.2, 0) is 12.2 Å². The minimum absolute atomic E-state index is 0.0730. The zero-order valence-electron chi connectivity index (χ0n) is 13.4. The van der Waals surface area contributed by atoms with Crippen molar-refractivity contribution < 1.29 is 14.1 Å². The van der Waals surface area contributed by atoms with Gasteiger partial charge in [0.2, 0.25) is 5.89 Å². The van der Waals surface area contributed by atoms with Gasteiger partial charge in [0.15, 0.2) is 0 Å². The average Bonchev–Trinajstić information content (AvgIpc) is 3.08. The summed E-state index contributed by atoms with van der Waals surface area (Å²) in [7, 11) is 1.62. The van der Waals surface area contributed by atoms with Crippen molar-refractivity contribution in [3.05, 3.63) is 75.7 Å². The molecular formula is C17H15N3O4S. The molecule has 0 bridgehead atoms. The van der Waals surface area contributed by atoms with Gasteiger partial charge in [-0.05, 0) is 23.3 Å². The maximum absolute atomic E-state index is 10.8. The van der Waals surface area contributed by atoms with E-state index in [1.54, 1.807) is 19.2 Å². The zero-order valence-corrected chi connectivity index (χ0v) is 14.2. The smallest absolute Gasteiger partial charge is 0.276 e. The molecule has 3 rings (SSSR count). The van der Waals surface area contributed by atoms with Gasteiger partial charge in [0.05, 0.1) is 18.5 Å². The van der Waals surface area contributed by atoms with Gasteiger partial charge in [-0.3, -0.25) is 10.1 Å². The lowest BCUT2D eigenvalue weighted by atomic mass is 10.1. The quantitative estimate of drug-likeness (QED) is 0.360. The number of methoxy groups -OCH3 is 1. The molecule has 7 nitrogen and oxygen atoms in total. The number of non-ortho nitro benzene ring substituents is 1. The molecule has 0 fully saturated rings. The summed E-state index contributed by atoms with van der Waals surface area (Å²) in [4.78, 5) is 10.4. The largest absolute Gasteiger partial charge is 0.497 e. The van der Waals surface area contributed by atoms with E-state index in [4.69, 9.17) is 9.15 Å². The highest BCUT2D eigenvalue weighted by Crippen LogP contribution is 2.24. The maximum Gasteiger partial charge on any atom is 0.276 e. The van der Waals surface area contributed by atoms with Crippen LogP contribution in [0, 0.1) is 10.1 Å². The molecule has 0 aliphatic heterocycles. The summed E-state index contributed by atoms with van der Waals surface area (Å²) in [5.41, 5.74) is 1.94. The summed E-state index contributed by atoms with van der Waals surface area (Å²) in [6, 6.07) is 14.1. The fraction of sp³-hybridized carbons (Fsp3) is 0.176. The van der Waals surface area contributed by atoms with Crippen molar-refractivity contribution in [2.45, 2.75) is 17.4 Å². The molecule has 8 heteroatoms. The van der Waals surface area contributed by atoms with E-state index in [2.05, 4.69) is 10.2 Å². The lowest BCUT2D eigenvalue weighted by Crippen LogP contribution is -1.89. The zero-order chi connectivity index (χ0) is 17.6. The Morgan fingerprint density at radius 3 is 2.68 bits per heavy atom. The number of ether oxygens (including phenoxy) is 1. The van der Waals surface area contributed by atoms with Crippen molar-refractivity contribution in [3.63, 3.8) is 0 Å². The maximum atomic E-state index is 10.8. The highest BCUT2D eigenvalue weighted by molar-refractivity contribution is 7.98. The van der Waals surface area contributed by atoms with E-state index in [0.29, 0.717) is 23.3 Å². The van der Waals surface area contributed by atoms with Gasteiger partial charge in [-0.25, -0.2) is 0 Å². The number of benzene rings is 2. The van der Waals surface area contributed by atoms with Crippen molar-refractivity contribution in [2.24, 2.45) is 0 Å². The monoisotopic (exact) mass is 357 g/mol. The molecule has 1 aromatic heterocycles. The van der Waals surface area contributed by atoms with E-state index in [1.165, 1.54) is 17.8 Å². The Bertz CT molecular complexity index is 864. The minimum Gasteiger partial charge on any atom is -0.497 e. The van der Waals surface area contributed by atoms with Crippen molar-refractivity contribution in [3.8, 4) is 5.75 Å². The van der Waals surface area contributed by atoms with Crippen molar-refractivity contribution in [1.82, 2.24) is 10.2 Å². The lowest BCUT2D eigenvalue weighted by Gasteiger charge is -2.00. The highest BCUT2D eigenvalue weighted by Gasteiger charge is 2.10. The Balaban J connectivity index is 1.59. The van der Waals surface area contributed by atoms with Crippen molar-refractivity contribution in [2.75, 3.05) is 7.11 Å². The standard InChI is InChI=1S/C17H15N3O4S/c1-23-15-7-5-12(6-8-15)10-16-18-19-17(24-16)25-11-13-3-2-4-14(9-13)20(21)22/h2-9H,10-11H2,1H3. The summed E-state index contributed by atoms with van der Waals surface area (Å²) < 4.78 is 10.7. The van der Waals surface area contributed by atoms with Gasteiger partial charge < -0.3 is 9.15 Å². The van der Waals surface area contributed by atoms with Crippen LogP contribution < -0.4 is 4.74 Å². The predicted octanol–water partition coefficient (Wildman–Crippen LogP) is 3.87. The Morgan fingerprint density at radius 1 is 1.16 bits per heavy atom. The SMILES string of the molecule is COc1ccc(Cc2nnc(SCc3cccc([N+](=O)[O-])c3)o2)cc1. The molecule has 0 radical (unpaired) electrons. The molecule has 0 unspecified atom stereocenters. The van der Waals surface area contributed by atoms with Crippen LogP contribution in [0.15, 0.2) is 58.2 Å². The van der Waals surface area contributed by atoms with E-state index in [1.807, 2.05) is 30.3 Å². The number of nitro groups is 1. The number of aromatic nitrogens is 2. The molecule has 0 saturated heterocycles. The second-order valence-corrected chi connectivity index (χ2v) is 6.13. The fourth-order valence-corrected chi connectivity index (χ4v) is 2.91. The number of thioether (sulfide) groups is 1. The summed E-state index contributed by atoms with van der Waals surface area (Å²) in [5, 5.41) is 19.3. The Kier molecular flexibility index (Phi) is 5.30. The van der Waals surface area contributed by atoms with E-state index in [-0.39, 0.29) is 5.69 Å². The molecular weight excluding hydrogens is 342 g/mol. The van der Waals surface area contributed by atoms with Gasteiger partial charge in [-0.15, -0.1) is 10.2 Å². The summed E-state index contributed by atoms with van der Waals surface area (Å²) in [6.07, 6.45) is 0.536. The molecule has 128 valence electrons. The van der Waals surface area contributed by atoms with Crippen molar-refractivity contribution >= 4 is 17.4 Å². The van der Waals surface area contributed by atoms with Gasteiger partial charge in [0.25, 0.3) is 10.9 Å². The van der Waals surface area contributed by atoms with Crippen LogP contribution in [0.2, 0.25) is 0 Å². The molecule has 25 heavy (non-hydrogen) atoms. The summed E-state index contributed by atoms with van der Waals surface area (Å²) in [6.45, 7) is 0. The number of hydrogen-bond acceptors (Lipinski definition) is 7. The van der Waals surface area contributed by atoms with Crippen LogP contribution >= 0.6 is 11.8 Å². The molecule has 0 atom stereocenters. The molecule has 0 spiro atoms. The number of rotatable bonds is 7. The van der Waals surface area contributed by atoms with Crippen molar-refractivity contribution in [1.29, 1.82) is 0 Å². The number of hydrogen-bond donors (Lipinski definition) is 0. The lowest BCUT2D eigenvalue weighted by molar-refractivity contribution is -0.384. The second kappa shape index (κ2) is 7.80. The molecule has 3 aromatic rings. The number of nitro benzene ring substituents is 1. The average molecular weight is 357 g/mol. The normalized spacial score (nSPS) is 10.6. The Morgan fingerprint density at radius 2 is 1.96 bits per heavy atom. The van der Waals surface area contributed by atoms with Gasteiger partial charge in [0, 0.05) is 17.9 Å². The van der Waals surface area contributed by atoms with Crippen LogP contribution in [0.25, 0.3) is 0 Å². The molecule has 0 amide bonds. The van der Waals surface area contributed by atoms with Crippen LogP contribution in [0.3, 0.4) is 0 Å². The van der Waals surface area contributed by atoms with E-state index in [0.717, 1.165) is 16.9 Å².